The normalized spacial score (nSPS) is 24.1. The minimum Gasteiger partial charge on any atom is -0.498 e. The lowest BCUT2D eigenvalue weighted by Crippen LogP contribution is -2.11. The van der Waals surface area contributed by atoms with Crippen LogP contribution in [-0.2, 0) is 4.74 Å². The topological polar surface area (TPSA) is 58.0 Å². The molecule has 53 valence electrons. The van der Waals surface area contributed by atoms with Crippen molar-refractivity contribution in [3.05, 3.63) is 29.2 Å². The van der Waals surface area contributed by atoms with Gasteiger partial charge in [0.1, 0.15) is 0 Å². The van der Waals surface area contributed by atoms with E-state index in [2.05, 4.69) is 16.9 Å². The zero-order chi connectivity index (χ0) is 7.40. The second kappa shape index (κ2) is 3.13. The first-order chi connectivity index (χ1) is 4.83. The number of azide groups is 1. The standard InChI is InChI=1S/C6H8N3O/c1-5-4-6(8-9-7)2-3-10-5/h4,6H,1-3H2. The molecule has 0 bridgehead atoms. The van der Waals surface area contributed by atoms with Gasteiger partial charge in [-0.1, -0.05) is 5.11 Å². The predicted molar refractivity (Wildman–Crippen MR) is 36.9 cm³/mol. The first-order valence-electron chi connectivity index (χ1n) is 3.03. The molecule has 1 rings (SSSR count). The minimum atomic E-state index is -0.0637. The Hall–Kier alpha value is -1.15. The van der Waals surface area contributed by atoms with E-state index < -0.39 is 0 Å². The third kappa shape index (κ3) is 1.67. The Morgan fingerprint density at radius 1 is 1.90 bits per heavy atom. The molecule has 0 amide bonds. The van der Waals surface area contributed by atoms with Gasteiger partial charge in [-0.15, -0.1) is 0 Å². The predicted octanol–water partition coefficient (Wildman–Crippen LogP) is 1.80. The van der Waals surface area contributed by atoms with Crippen molar-refractivity contribution in [3.8, 4) is 0 Å². The van der Waals surface area contributed by atoms with Gasteiger partial charge in [-0.2, -0.15) is 0 Å². The molecule has 0 aliphatic carbocycles. The lowest BCUT2D eigenvalue weighted by Gasteiger charge is -2.15. The zero-order valence-electron chi connectivity index (χ0n) is 5.53. The molecule has 0 aromatic carbocycles. The minimum absolute atomic E-state index is 0.0637. The third-order valence-corrected chi connectivity index (χ3v) is 1.28. The van der Waals surface area contributed by atoms with Crippen LogP contribution in [0, 0.1) is 6.92 Å². The van der Waals surface area contributed by atoms with Crippen LogP contribution in [0.15, 0.2) is 16.9 Å². The Bertz CT molecular complexity index is 193. The van der Waals surface area contributed by atoms with Gasteiger partial charge < -0.3 is 4.74 Å². The molecule has 1 radical (unpaired) electrons. The Kier molecular flexibility index (Phi) is 2.18. The first-order valence-corrected chi connectivity index (χ1v) is 3.03. The molecular weight excluding hydrogens is 130 g/mol. The summed E-state index contributed by atoms with van der Waals surface area (Å²) in [6, 6.07) is -0.0637. The second-order valence-electron chi connectivity index (χ2n) is 2.04. The van der Waals surface area contributed by atoms with E-state index in [4.69, 9.17) is 10.3 Å². The summed E-state index contributed by atoms with van der Waals surface area (Å²) in [4.78, 5) is 2.69. The smallest absolute Gasteiger partial charge is 0.0928 e. The molecule has 1 atom stereocenters. The summed E-state index contributed by atoms with van der Waals surface area (Å²) in [5, 5.41) is 3.52. The van der Waals surface area contributed by atoms with Crippen molar-refractivity contribution in [2.24, 2.45) is 5.11 Å². The van der Waals surface area contributed by atoms with E-state index in [0.717, 1.165) is 6.42 Å². The molecule has 4 heteroatoms. The van der Waals surface area contributed by atoms with Gasteiger partial charge in [-0.05, 0) is 18.0 Å². The number of hydrogen-bond acceptors (Lipinski definition) is 2. The summed E-state index contributed by atoms with van der Waals surface area (Å²) in [5.41, 5.74) is 8.07. The Balaban J connectivity index is 2.61. The highest BCUT2D eigenvalue weighted by atomic mass is 16.5. The quantitative estimate of drug-likeness (QED) is 0.309. The number of hydrogen-bond donors (Lipinski definition) is 0. The average molecular weight is 138 g/mol. The van der Waals surface area contributed by atoms with E-state index in [1.807, 2.05) is 0 Å². The molecule has 0 spiro atoms. The van der Waals surface area contributed by atoms with Gasteiger partial charge >= 0.3 is 0 Å². The van der Waals surface area contributed by atoms with Crippen molar-refractivity contribution in [3.63, 3.8) is 0 Å². The van der Waals surface area contributed by atoms with E-state index in [9.17, 15) is 0 Å². The van der Waals surface area contributed by atoms with Crippen LogP contribution < -0.4 is 0 Å². The summed E-state index contributed by atoms with van der Waals surface area (Å²) in [6.07, 6.45) is 2.48. The Morgan fingerprint density at radius 2 is 2.70 bits per heavy atom. The number of rotatable bonds is 1. The van der Waals surface area contributed by atoms with Gasteiger partial charge in [0.05, 0.1) is 18.4 Å². The first kappa shape index (κ1) is 6.96. The molecule has 0 fully saturated rings. The molecule has 0 N–H and O–H groups in total. The summed E-state index contributed by atoms with van der Waals surface area (Å²) >= 11 is 0. The molecule has 0 saturated carbocycles. The lowest BCUT2D eigenvalue weighted by atomic mass is 10.2. The van der Waals surface area contributed by atoms with Crippen LogP contribution in [0.1, 0.15) is 6.42 Å². The van der Waals surface area contributed by atoms with Crippen molar-refractivity contribution in [2.75, 3.05) is 6.61 Å². The van der Waals surface area contributed by atoms with Gasteiger partial charge in [0.25, 0.3) is 0 Å². The van der Waals surface area contributed by atoms with Crippen LogP contribution >= 0.6 is 0 Å². The number of ether oxygens (including phenoxy) is 1. The van der Waals surface area contributed by atoms with E-state index in [1.165, 1.54) is 0 Å². The van der Waals surface area contributed by atoms with Crippen LogP contribution in [0.2, 0.25) is 0 Å². The fourth-order valence-corrected chi connectivity index (χ4v) is 0.814. The molecule has 0 aromatic rings. The second-order valence-corrected chi connectivity index (χ2v) is 2.04. The molecule has 1 unspecified atom stereocenters. The van der Waals surface area contributed by atoms with Crippen molar-refractivity contribution < 1.29 is 4.74 Å². The molecule has 1 aliphatic heterocycles. The van der Waals surface area contributed by atoms with E-state index >= 15 is 0 Å². The molecule has 10 heavy (non-hydrogen) atoms. The summed E-state index contributed by atoms with van der Waals surface area (Å²) < 4.78 is 5.02. The summed E-state index contributed by atoms with van der Waals surface area (Å²) in [5.74, 6) is 0.601. The van der Waals surface area contributed by atoms with E-state index in [0.29, 0.717) is 12.4 Å². The molecule has 1 heterocycles. The SMILES string of the molecule is [CH2]C1=CC(N=[N+]=[N-])CCO1. The largest absolute Gasteiger partial charge is 0.498 e. The third-order valence-electron chi connectivity index (χ3n) is 1.28. The summed E-state index contributed by atoms with van der Waals surface area (Å²) in [7, 11) is 0. The van der Waals surface area contributed by atoms with Crippen LogP contribution in [-0.4, -0.2) is 12.6 Å². The fourth-order valence-electron chi connectivity index (χ4n) is 0.814. The van der Waals surface area contributed by atoms with Crippen molar-refractivity contribution in [1.82, 2.24) is 0 Å². The van der Waals surface area contributed by atoms with Gasteiger partial charge in [-0.3, -0.25) is 0 Å². The molecule has 0 saturated heterocycles. The zero-order valence-corrected chi connectivity index (χ0v) is 5.53. The van der Waals surface area contributed by atoms with Crippen molar-refractivity contribution >= 4 is 0 Å². The Labute approximate surface area is 59.1 Å². The molecule has 1 aliphatic rings. The van der Waals surface area contributed by atoms with Gasteiger partial charge in [0.15, 0.2) is 0 Å². The average Bonchev–Trinajstić information content (AvgIpc) is 1.88. The van der Waals surface area contributed by atoms with Crippen LogP contribution in [0.25, 0.3) is 10.4 Å². The fraction of sp³-hybridized carbons (Fsp3) is 0.500. The molecule has 0 aromatic heterocycles. The van der Waals surface area contributed by atoms with Crippen molar-refractivity contribution in [2.45, 2.75) is 12.5 Å². The monoisotopic (exact) mass is 138 g/mol. The highest BCUT2D eigenvalue weighted by Gasteiger charge is 2.08. The highest BCUT2D eigenvalue weighted by molar-refractivity contribution is 5.05. The highest BCUT2D eigenvalue weighted by Crippen LogP contribution is 2.12. The van der Waals surface area contributed by atoms with Crippen LogP contribution in [0.5, 0.6) is 0 Å². The molecule has 4 nitrogen and oxygen atoms in total. The molecular formula is C6H8N3O. The van der Waals surface area contributed by atoms with Gasteiger partial charge in [-0.25, -0.2) is 0 Å². The Morgan fingerprint density at radius 3 is 3.30 bits per heavy atom. The summed E-state index contributed by atoms with van der Waals surface area (Å²) in [6.45, 7) is 4.18. The maximum absolute atomic E-state index is 8.07. The number of nitrogens with zero attached hydrogens (tertiary/aromatic N) is 3. The maximum atomic E-state index is 8.07. The van der Waals surface area contributed by atoms with Crippen molar-refractivity contribution in [1.29, 1.82) is 0 Å². The van der Waals surface area contributed by atoms with E-state index in [1.54, 1.807) is 6.08 Å². The van der Waals surface area contributed by atoms with E-state index in [-0.39, 0.29) is 6.04 Å². The number of allylic oxidation sites excluding steroid dienone is 1. The van der Waals surface area contributed by atoms with Crippen LogP contribution in [0.3, 0.4) is 0 Å². The maximum Gasteiger partial charge on any atom is 0.0928 e. The van der Waals surface area contributed by atoms with Gasteiger partial charge in [0.2, 0.25) is 0 Å². The van der Waals surface area contributed by atoms with Gasteiger partial charge in [0, 0.05) is 11.8 Å². The van der Waals surface area contributed by atoms with Crippen LogP contribution in [0.4, 0.5) is 0 Å². The lowest BCUT2D eigenvalue weighted by molar-refractivity contribution is 0.198.